The van der Waals surface area contributed by atoms with Crippen LogP contribution in [-0.2, 0) is 20.9 Å². The maximum atomic E-state index is 11.9. The summed E-state index contributed by atoms with van der Waals surface area (Å²) in [6.07, 6.45) is 0.614. The predicted octanol–water partition coefficient (Wildman–Crippen LogP) is 2.83. The Labute approximate surface area is 147 Å². The van der Waals surface area contributed by atoms with Crippen LogP contribution in [0.2, 0.25) is 0 Å². The smallest absolute Gasteiger partial charge is 0.344 e. The van der Waals surface area contributed by atoms with Crippen molar-refractivity contribution in [3.8, 4) is 5.75 Å². The van der Waals surface area contributed by atoms with Crippen molar-refractivity contribution in [3.63, 3.8) is 0 Å². The predicted molar refractivity (Wildman–Crippen MR) is 92.3 cm³/mol. The first kappa shape index (κ1) is 18.6. The van der Waals surface area contributed by atoms with Crippen LogP contribution < -0.4 is 10.1 Å². The van der Waals surface area contributed by atoms with Crippen molar-refractivity contribution < 1.29 is 23.5 Å². The fourth-order valence-electron chi connectivity index (χ4n) is 2.54. The lowest BCUT2D eigenvalue weighted by Crippen LogP contribution is -2.36. The van der Waals surface area contributed by atoms with Gasteiger partial charge in [0, 0.05) is 0 Å². The number of nitrogens with one attached hydrogen (secondary N) is 1. The third kappa shape index (κ3) is 5.38. The molecule has 0 bridgehead atoms. The van der Waals surface area contributed by atoms with E-state index >= 15 is 0 Å². The van der Waals surface area contributed by atoms with E-state index in [1.807, 2.05) is 32.9 Å². The van der Waals surface area contributed by atoms with E-state index in [1.54, 1.807) is 12.1 Å². The van der Waals surface area contributed by atoms with Crippen LogP contribution in [0.15, 0.2) is 34.9 Å². The fourth-order valence-corrected chi connectivity index (χ4v) is 2.54. The highest BCUT2D eigenvalue weighted by molar-refractivity contribution is 5.83. The Morgan fingerprint density at radius 2 is 1.88 bits per heavy atom. The highest BCUT2D eigenvalue weighted by Gasteiger charge is 2.18. The summed E-state index contributed by atoms with van der Waals surface area (Å²) >= 11 is 0. The van der Waals surface area contributed by atoms with Crippen LogP contribution in [0, 0.1) is 20.8 Å². The zero-order valence-corrected chi connectivity index (χ0v) is 14.9. The molecule has 0 spiro atoms. The Morgan fingerprint density at radius 3 is 2.48 bits per heavy atom. The van der Waals surface area contributed by atoms with Gasteiger partial charge in [-0.2, -0.15) is 0 Å². The minimum Gasteiger partial charge on any atom is -0.481 e. The summed E-state index contributed by atoms with van der Waals surface area (Å²) in [4.78, 5) is 23.8. The van der Waals surface area contributed by atoms with Crippen molar-refractivity contribution in [2.75, 3.05) is 6.61 Å². The Balaban J connectivity index is 1.80. The van der Waals surface area contributed by atoms with E-state index in [1.165, 1.54) is 13.2 Å². The van der Waals surface area contributed by atoms with Crippen LogP contribution in [0.4, 0.5) is 0 Å². The number of ether oxygens (including phenoxy) is 2. The van der Waals surface area contributed by atoms with E-state index in [4.69, 9.17) is 13.9 Å². The number of rotatable bonds is 7. The largest absolute Gasteiger partial charge is 0.481 e. The zero-order valence-electron chi connectivity index (χ0n) is 14.9. The van der Waals surface area contributed by atoms with E-state index in [0.29, 0.717) is 11.5 Å². The molecule has 0 saturated carbocycles. The first-order valence-corrected chi connectivity index (χ1v) is 8.07. The number of carbonyl (C=O) groups is 2. The van der Waals surface area contributed by atoms with Gasteiger partial charge in [-0.15, -0.1) is 0 Å². The van der Waals surface area contributed by atoms with Gasteiger partial charge < -0.3 is 19.2 Å². The molecule has 2 rings (SSSR count). The van der Waals surface area contributed by atoms with Crippen molar-refractivity contribution in [2.24, 2.45) is 0 Å². The number of benzene rings is 1. The molecule has 0 aliphatic heterocycles. The van der Waals surface area contributed by atoms with Crippen molar-refractivity contribution in [2.45, 2.75) is 40.3 Å². The molecule has 0 aliphatic rings. The molecule has 0 fully saturated rings. The molecule has 1 aromatic carbocycles. The third-order valence-electron chi connectivity index (χ3n) is 3.63. The summed E-state index contributed by atoms with van der Waals surface area (Å²) in [6, 6.07) is 7.45. The van der Waals surface area contributed by atoms with E-state index in [9.17, 15) is 9.59 Å². The Kier molecular flexibility index (Phi) is 6.22. The van der Waals surface area contributed by atoms with E-state index in [0.717, 1.165) is 16.7 Å². The summed E-state index contributed by atoms with van der Waals surface area (Å²) in [6.45, 7) is 7.35. The number of amides is 1. The maximum Gasteiger partial charge on any atom is 0.344 e. The first-order chi connectivity index (χ1) is 11.9. The number of aryl methyl sites for hydroxylation is 3. The molecule has 6 nitrogen and oxygen atoms in total. The highest BCUT2D eigenvalue weighted by atomic mass is 16.6. The van der Waals surface area contributed by atoms with Gasteiger partial charge >= 0.3 is 5.97 Å². The van der Waals surface area contributed by atoms with Crippen LogP contribution in [0.5, 0.6) is 5.75 Å². The van der Waals surface area contributed by atoms with Gasteiger partial charge in [0.25, 0.3) is 5.91 Å². The molecule has 2 aromatic rings. The van der Waals surface area contributed by atoms with Crippen LogP contribution >= 0.6 is 0 Å². The highest BCUT2D eigenvalue weighted by Crippen LogP contribution is 2.24. The van der Waals surface area contributed by atoms with Gasteiger partial charge in [0.05, 0.1) is 12.8 Å². The second-order valence-corrected chi connectivity index (χ2v) is 5.95. The van der Waals surface area contributed by atoms with Crippen molar-refractivity contribution in [3.05, 3.63) is 53.0 Å². The molecule has 1 heterocycles. The number of hydrogen-bond donors (Lipinski definition) is 1. The number of carbonyl (C=O) groups excluding carboxylic acids is 2. The Morgan fingerprint density at radius 1 is 1.20 bits per heavy atom. The molecule has 1 aromatic heterocycles. The maximum absolute atomic E-state index is 11.9. The van der Waals surface area contributed by atoms with Crippen LogP contribution in [0.1, 0.15) is 29.4 Å². The quantitative estimate of drug-likeness (QED) is 0.781. The van der Waals surface area contributed by atoms with Gasteiger partial charge in [-0.25, -0.2) is 4.79 Å². The standard InChI is InChI=1S/C19H23NO5/c1-12-8-13(2)18(14(3)9-12)24-11-17(21)25-15(4)19(22)20-10-16-6-5-7-23-16/h5-9,15H,10-11H2,1-4H3,(H,20,22)/t15-/m0/s1. The molecule has 0 saturated heterocycles. The zero-order chi connectivity index (χ0) is 18.4. The minimum absolute atomic E-state index is 0.242. The third-order valence-corrected chi connectivity index (χ3v) is 3.63. The lowest BCUT2D eigenvalue weighted by molar-refractivity contribution is -0.156. The monoisotopic (exact) mass is 345 g/mol. The number of esters is 1. The molecular weight excluding hydrogens is 322 g/mol. The number of hydrogen-bond acceptors (Lipinski definition) is 5. The van der Waals surface area contributed by atoms with E-state index in [2.05, 4.69) is 5.32 Å². The van der Waals surface area contributed by atoms with Gasteiger partial charge in [0.15, 0.2) is 12.7 Å². The van der Waals surface area contributed by atoms with Gasteiger partial charge in [-0.1, -0.05) is 17.7 Å². The van der Waals surface area contributed by atoms with Crippen molar-refractivity contribution in [1.29, 1.82) is 0 Å². The molecule has 1 atom stereocenters. The average molecular weight is 345 g/mol. The van der Waals surface area contributed by atoms with Crippen LogP contribution in [0.25, 0.3) is 0 Å². The van der Waals surface area contributed by atoms with Crippen molar-refractivity contribution >= 4 is 11.9 Å². The van der Waals surface area contributed by atoms with Crippen LogP contribution in [0.3, 0.4) is 0 Å². The van der Waals surface area contributed by atoms with Crippen LogP contribution in [-0.4, -0.2) is 24.6 Å². The fraction of sp³-hybridized carbons (Fsp3) is 0.368. The summed E-state index contributed by atoms with van der Waals surface area (Å²) in [5.41, 5.74) is 3.04. The lowest BCUT2D eigenvalue weighted by Gasteiger charge is -2.15. The normalized spacial score (nSPS) is 11.7. The Bertz CT molecular complexity index is 713. The second-order valence-electron chi connectivity index (χ2n) is 5.95. The van der Waals surface area contributed by atoms with Gasteiger partial charge in [-0.05, 0) is 51.0 Å². The molecule has 0 aliphatic carbocycles. The molecular formula is C19H23NO5. The van der Waals surface area contributed by atoms with Gasteiger partial charge in [0.2, 0.25) is 0 Å². The topological polar surface area (TPSA) is 77.8 Å². The molecule has 0 unspecified atom stereocenters. The molecule has 6 heteroatoms. The Hall–Kier alpha value is -2.76. The first-order valence-electron chi connectivity index (χ1n) is 8.07. The van der Waals surface area contributed by atoms with Crippen molar-refractivity contribution in [1.82, 2.24) is 5.32 Å². The number of furan rings is 1. The molecule has 25 heavy (non-hydrogen) atoms. The lowest BCUT2D eigenvalue weighted by atomic mass is 10.1. The molecule has 1 N–H and O–H groups in total. The summed E-state index contributed by atoms with van der Waals surface area (Å²) < 4.78 is 15.8. The second kappa shape index (κ2) is 8.37. The summed E-state index contributed by atoms with van der Waals surface area (Å²) in [5, 5.41) is 2.64. The SMILES string of the molecule is Cc1cc(C)c(OCC(=O)O[C@@H](C)C(=O)NCc2ccco2)c(C)c1. The molecule has 0 radical (unpaired) electrons. The minimum atomic E-state index is -0.911. The van der Waals surface area contributed by atoms with Gasteiger partial charge in [-0.3, -0.25) is 4.79 Å². The molecule has 134 valence electrons. The average Bonchev–Trinajstić information content (AvgIpc) is 3.04. The van der Waals surface area contributed by atoms with E-state index in [-0.39, 0.29) is 13.2 Å². The summed E-state index contributed by atoms with van der Waals surface area (Å²) in [7, 11) is 0. The summed E-state index contributed by atoms with van der Waals surface area (Å²) in [5.74, 6) is 0.297. The molecule has 1 amide bonds. The van der Waals surface area contributed by atoms with E-state index < -0.39 is 18.0 Å². The van der Waals surface area contributed by atoms with Gasteiger partial charge in [0.1, 0.15) is 11.5 Å².